The van der Waals surface area contributed by atoms with Crippen LogP contribution in [0.25, 0.3) is 0 Å². The largest absolute Gasteiger partial charge is 0.480 e. The van der Waals surface area contributed by atoms with Gasteiger partial charge in [-0.3, -0.25) is 14.4 Å². The Morgan fingerprint density at radius 2 is 1.10 bits per heavy atom. The number of amides is 2. The fraction of sp³-hybridized carbons (Fsp3) is 0.721. The van der Waals surface area contributed by atoms with E-state index in [1.165, 1.54) is 57.8 Å². The van der Waals surface area contributed by atoms with Crippen molar-refractivity contribution < 1.29 is 34.1 Å². The number of hydrogen-bond acceptors (Lipinski definition) is 6. The molecule has 2 amide bonds. The van der Waals surface area contributed by atoms with Gasteiger partial charge in [0.15, 0.2) is 0 Å². The molecule has 0 aromatic carbocycles. The van der Waals surface area contributed by atoms with Gasteiger partial charge in [-0.15, -0.1) is 0 Å². The number of hydrogen-bond donors (Lipinski definition) is 4. The van der Waals surface area contributed by atoms with E-state index in [4.69, 9.17) is 14.9 Å². The van der Waals surface area contributed by atoms with Crippen molar-refractivity contribution in [1.82, 2.24) is 10.6 Å². The molecule has 0 rings (SSSR count). The summed E-state index contributed by atoms with van der Waals surface area (Å²) in [6, 6.07) is -1.38. The fourth-order valence-electron chi connectivity index (χ4n) is 5.57. The number of carbonyl (C=O) groups excluding carboxylic acids is 3. The van der Waals surface area contributed by atoms with Gasteiger partial charge in [-0.2, -0.15) is 0 Å². The fourth-order valence-corrected chi connectivity index (χ4v) is 5.57. The Labute approximate surface area is 316 Å². The molecule has 0 saturated carbocycles. The molecule has 52 heavy (non-hydrogen) atoms. The Hall–Kier alpha value is -3.20. The van der Waals surface area contributed by atoms with E-state index in [2.05, 4.69) is 73.1 Å². The maximum absolute atomic E-state index is 12.7. The number of esters is 1. The van der Waals surface area contributed by atoms with Crippen LogP contribution in [0, 0.1) is 0 Å². The lowest BCUT2D eigenvalue weighted by Crippen LogP contribution is -2.47. The Bertz CT molecular complexity index is 1020. The summed E-state index contributed by atoms with van der Waals surface area (Å²) >= 11 is 0. The summed E-state index contributed by atoms with van der Waals surface area (Å²) in [7, 11) is 0. The first-order valence-corrected chi connectivity index (χ1v) is 20.5. The topological polar surface area (TPSA) is 142 Å². The third kappa shape index (κ3) is 33.9. The van der Waals surface area contributed by atoms with Crippen LogP contribution in [-0.2, 0) is 23.9 Å². The highest BCUT2D eigenvalue weighted by molar-refractivity contribution is 5.87. The molecule has 0 fully saturated rings. The van der Waals surface area contributed by atoms with E-state index in [0.717, 1.165) is 83.5 Å². The Kier molecular flexibility index (Phi) is 35.2. The molecule has 0 spiro atoms. The number of rotatable bonds is 36. The predicted molar refractivity (Wildman–Crippen MR) is 213 cm³/mol. The van der Waals surface area contributed by atoms with Crippen molar-refractivity contribution in [2.24, 2.45) is 0 Å². The molecule has 0 aromatic heterocycles. The van der Waals surface area contributed by atoms with E-state index >= 15 is 0 Å². The van der Waals surface area contributed by atoms with Crippen LogP contribution in [0.15, 0.2) is 48.6 Å². The highest BCUT2D eigenvalue weighted by atomic mass is 16.5. The minimum Gasteiger partial charge on any atom is -0.480 e. The molecule has 2 atom stereocenters. The van der Waals surface area contributed by atoms with Crippen LogP contribution < -0.4 is 10.6 Å². The molecule has 0 heterocycles. The SMILES string of the molecule is CCCCC/C=C\C/C=C\CCCCCCCC(=O)OC(/C=C\C/C=C\CCCCC)CCCCCCCCC(=O)NCC(=O)NC(CO)C(=O)O. The summed E-state index contributed by atoms with van der Waals surface area (Å²) in [5.41, 5.74) is 0. The zero-order valence-electron chi connectivity index (χ0n) is 32.8. The Morgan fingerprint density at radius 1 is 0.596 bits per heavy atom. The zero-order chi connectivity index (χ0) is 38.3. The lowest BCUT2D eigenvalue weighted by molar-refractivity contribution is -0.147. The molecule has 9 nitrogen and oxygen atoms in total. The highest BCUT2D eigenvalue weighted by Gasteiger charge is 2.18. The van der Waals surface area contributed by atoms with E-state index in [1.54, 1.807) is 0 Å². The maximum Gasteiger partial charge on any atom is 0.328 e. The maximum atomic E-state index is 12.7. The van der Waals surface area contributed by atoms with Gasteiger partial charge in [0.05, 0.1) is 13.2 Å². The average Bonchev–Trinajstić information content (AvgIpc) is 3.13. The van der Waals surface area contributed by atoms with Gasteiger partial charge in [0.2, 0.25) is 11.8 Å². The Balaban J connectivity index is 4.29. The first-order valence-electron chi connectivity index (χ1n) is 20.5. The number of allylic oxidation sites excluding steroid dienone is 7. The molecular formula is C43H74N2O7. The molecule has 0 aliphatic heterocycles. The number of aliphatic hydroxyl groups excluding tert-OH is 1. The van der Waals surface area contributed by atoms with Gasteiger partial charge in [0, 0.05) is 12.8 Å². The molecule has 4 N–H and O–H groups in total. The molecule has 0 radical (unpaired) electrons. The molecule has 0 aromatic rings. The lowest BCUT2D eigenvalue weighted by atomic mass is 10.1. The number of ether oxygens (including phenoxy) is 1. The highest BCUT2D eigenvalue weighted by Crippen LogP contribution is 2.15. The summed E-state index contributed by atoms with van der Waals surface area (Å²) < 4.78 is 5.90. The smallest absolute Gasteiger partial charge is 0.328 e. The van der Waals surface area contributed by atoms with Crippen LogP contribution in [0.5, 0.6) is 0 Å². The number of unbranched alkanes of at least 4 members (excludes halogenated alkanes) is 16. The molecule has 0 aliphatic rings. The summed E-state index contributed by atoms with van der Waals surface area (Å²) in [6.07, 6.45) is 43.0. The van der Waals surface area contributed by atoms with E-state index < -0.39 is 24.5 Å². The second kappa shape index (κ2) is 37.6. The quantitative estimate of drug-likeness (QED) is 0.0286. The molecule has 0 saturated heterocycles. The molecule has 2 unspecified atom stereocenters. The van der Waals surface area contributed by atoms with Crippen LogP contribution in [-0.4, -0.2) is 59.3 Å². The monoisotopic (exact) mass is 731 g/mol. The van der Waals surface area contributed by atoms with Gasteiger partial charge in [-0.1, -0.05) is 127 Å². The lowest BCUT2D eigenvalue weighted by Gasteiger charge is -2.15. The molecule has 0 bridgehead atoms. The van der Waals surface area contributed by atoms with Gasteiger partial charge < -0.3 is 25.6 Å². The summed E-state index contributed by atoms with van der Waals surface area (Å²) in [5.74, 6) is -2.37. The minimum atomic E-state index is -1.38. The summed E-state index contributed by atoms with van der Waals surface area (Å²) in [6.45, 7) is 3.40. The van der Waals surface area contributed by atoms with Crippen LogP contribution in [0.4, 0.5) is 0 Å². The second-order valence-electron chi connectivity index (χ2n) is 13.7. The number of carboxylic acids is 1. The molecule has 0 aliphatic carbocycles. The van der Waals surface area contributed by atoms with Crippen molar-refractivity contribution in [3.8, 4) is 0 Å². The van der Waals surface area contributed by atoms with Crippen molar-refractivity contribution in [1.29, 1.82) is 0 Å². The second-order valence-corrected chi connectivity index (χ2v) is 13.7. The van der Waals surface area contributed by atoms with Crippen LogP contribution >= 0.6 is 0 Å². The third-order valence-corrected chi connectivity index (χ3v) is 8.78. The number of aliphatic carboxylic acids is 1. The molecule has 298 valence electrons. The van der Waals surface area contributed by atoms with E-state index in [0.29, 0.717) is 19.3 Å². The van der Waals surface area contributed by atoms with E-state index in [-0.39, 0.29) is 24.5 Å². The first kappa shape index (κ1) is 48.8. The first-order chi connectivity index (χ1) is 25.3. The van der Waals surface area contributed by atoms with Crippen molar-refractivity contribution in [3.63, 3.8) is 0 Å². The van der Waals surface area contributed by atoms with Gasteiger partial charge in [-0.05, 0) is 83.1 Å². The Morgan fingerprint density at radius 3 is 1.65 bits per heavy atom. The normalized spacial score (nSPS) is 13.0. The van der Waals surface area contributed by atoms with E-state index in [1.807, 2.05) is 0 Å². The molecule has 9 heteroatoms. The van der Waals surface area contributed by atoms with Crippen molar-refractivity contribution in [3.05, 3.63) is 48.6 Å². The predicted octanol–water partition coefficient (Wildman–Crippen LogP) is 9.59. The number of carbonyl (C=O) groups is 4. The average molecular weight is 731 g/mol. The van der Waals surface area contributed by atoms with Gasteiger partial charge >= 0.3 is 11.9 Å². The number of aliphatic hydroxyl groups is 1. The standard InChI is InChI=1S/C43H74N2O7/c1-3-5-7-9-11-13-14-15-16-17-18-19-21-27-31-35-42(49)52-38(32-28-24-20-12-10-8-6-4-2)33-29-25-22-23-26-30-34-40(47)44-36-41(48)45-39(37-46)43(50)51/h11-13,15-16,20,28,32,38-39,46H,3-10,14,17-19,21-27,29-31,33-37H2,1-2H3,(H,44,47)(H,45,48)(H,50,51)/b13-11-,16-15-,20-12-,32-28-. The van der Waals surface area contributed by atoms with E-state index in [9.17, 15) is 19.2 Å². The van der Waals surface area contributed by atoms with Crippen molar-refractivity contribution in [2.45, 2.75) is 187 Å². The van der Waals surface area contributed by atoms with Crippen molar-refractivity contribution in [2.75, 3.05) is 13.2 Å². The number of nitrogens with one attached hydrogen (secondary N) is 2. The zero-order valence-corrected chi connectivity index (χ0v) is 32.8. The van der Waals surface area contributed by atoms with Crippen LogP contribution in [0.2, 0.25) is 0 Å². The molecular weight excluding hydrogens is 656 g/mol. The van der Waals surface area contributed by atoms with Gasteiger partial charge in [0.25, 0.3) is 0 Å². The van der Waals surface area contributed by atoms with Gasteiger partial charge in [-0.25, -0.2) is 4.79 Å². The minimum absolute atomic E-state index is 0.110. The van der Waals surface area contributed by atoms with Crippen LogP contribution in [0.1, 0.15) is 174 Å². The van der Waals surface area contributed by atoms with Crippen LogP contribution in [0.3, 0.4) is 0 Å². The summed E-state index contributed by atoms with van der Waals surface area (Å²) in [5, 5.41) is 22.5. The third-order valence-electron chi connectivity index (χ3n) is 8.78. The number of carboxylic acid groups (broad SMARTS) is 1. The van der Waals surface area contributed by atoms with Gasteiger partial charge in [0.1, 0.15) is 12.1 Å². The van der Waals surface area contributed by atoms with Crippen molar-refractivity contribution >= 4 is 23.8 Å². The summed E-state index contributed by atoms with van der Waals surface area (Å²) in [4.78, 5) is 47.3.